The molecule has 374 valence electrons. The molecule has 4 bridgehead atoms. The van der Waals surface area contributed by atoms with E-state index in [9.17, 15) is 63.6 Å². The molecule has 5 aliphatic rings. The number of amides is 5. The van der Waals surface area contributed by atoms with E-state index in [0.29, 0.717) is 18.7 Å². The number of rotatable bonds is 17. The number of imide groups is 1. The Balaban J connectivity index is 1.46. The van der Waals surface area contributed by atoms with Crippen LogP contribution in [0, 0.1) is 5.92 Å². The van der Waals surface area contributed by atoms with Gasteiger partial charge in [0, 0.05) is 95.9 Å². The zero-order valence-electron chi connectivity index (χ0n) is 38.4. The van der Waals surface area contributed by atoms with E-state index in [1.54, 1.807) is 19.6 Å². The first kappa shape index (κ1) is 54.7. The number of aliphatic imine (C=N–C) groups is 1. The van der Waals surface area contributed by atoms with E-state index in [0.717, 1.165) is 4.90 Å². The van der Waals surface area contributed by atoms with Gasteiger partial charge in [0.2, 0.25) is 23.6 Å². The third-order valence-electron chi connectivity index (χ3n) is 12.7. The lowest BCUT2D eigenvalue weighted by molar-refractivity contribution is -0.154. The predicted octanol–water partition coefficient (Wildman–Crippen LogP) is -3.48. The summed E-state index contributed by atoms with van der Waals surface area (Å²) in [5, 5.41) is 52.9. The van der Waals surface area contributed by atoms with Crippen molar-refractivity contribution in [3.8, 4) is 0 Å². The Morgan fingerprint density at radius 1 is 0.746 bits per heavy atom. The fourth-order valence-corrected chi connectivity index (χ4v) is 12.2. The molecule has 0 aliphatic carbocycles. The second kappa shape index (κ2) is 25.5. The smallest absolute Gasteiger partial charge is 0.328 e. The summed E-state index contributed by atoms with van der Waals surface area (Å²) in [5.41, 5.74) is 0.207. The molecule has 5 aliphatic heterocycles. The van der Waals surface area contributed by atoms with Gasteiger partial charge in [0.15, 0.2) is 0 Å². The standard InChI is InChI=1S/C41H65N11O13S2/c1-5-40(66-3)27-17-31(54)52(37(27)63)29(38(64)65)21-42-20-28(47-35(61)26-18-45-39(46-19-26)41(40,6-2)67-4)36(62)44-8-7-43-30(53)22-48-9-11-49(23-32(55)56)13-15-51(25-34(59)60)16-14-50(12-10-48)24-33(57)58/h18,27-29,42H,5-17,19-25H2,1-4H3,(H,43,53)(H,44,62)(H,45,46)(H,47,61)(H,55,56)(H,57,58)(H,59,60)(H,64,65)/t27?,28-,29-,40?,41?/m0/s1. The van der Waals surface area contributed by atoms with Gasteiger partial charge in [-0.05, 0) is 25.4 Å². The van der Waals surface area contributed by atoms with Crippen LogP contribution in [0.4, 0.5) is 0 Å². The third-order valence-corrected chi connectivity index (χ3v) is 16.0. The van der Waals surface area contributed by atoms with Crippen molar-refractivity contribution in [2.45, 2.75) is 54.7 Å². The largest absolute Gasteiger partial charge is 0.480 e. The molecule has 0 aromatic heterocycles. The van der Waals surface area contributed by atoms with Gasteiger partial charge in [0.1, 0.15) is 17.9 Å². The second-order valence-corrected chi connectivity index (χ2v) is 18.9. The van der Waals surface area contributed by atoms with Crippen molar-refractivity contribution in [2.75, 3.05) is 124 Å². The molecule has 0 spiro atoms. The Kier molecular flexibility index (Phi) is 20.8. The topological polar surface area (TPSA) is 323 Å². The first-order valence-corrected chi connectivity index (χ1v) is 24.6. The fraction of sp³-hybridized carbons (Fsp3) is 0.707. The molecule has 5 rings (SSSR count). The third kappa shape index (κ3) is 14.1. The molecule has 0 aromatic rings. The quantitative estimate of drug-likeness (QED) is 0.0505. The highest BCUT2D eigenvalue weighted by molar-refractivity contribution is 8.04. The number of amidine groups is 1. The van der Waals surface area contributed by atoms with Crippen molar-refractivity contribution in [3.05, 3.63) is 11.8 Å². The van der Waals surface area contributed by atoms with Crippen molar-refractivity contribution >= 4 is 82.8 Å². The molecule has 5 atom stereocenters. The van der Waals surface area contributed by atoms with E-state index in [-0.39, 0.29) is 117 Å². The van der Waals surface area contributed by atoms with E-state index in [1.165, 1.54) is 29.7 Å². The van der Waals surface area contributed by atoms with Crippen LogP contribution in [0.5, 0.6) is 0 Å². The number of aliphatic carboxylic acids is 4. The predicted molar refractivity (Wildman–Crippen MR) is 247 cm³/mol. The van der Waals surface area contributed by atoms with Gasteiger partial charge in [-0.25, -0.2) is 4.79 Å². The van der Waals surface area contributed by atoms with Crippen LogP contribution in [0.1, 0.15) is 33.1 Å². The van der Waals surface area contributed by atoms with Crippen LogP contribution >= 0.6 is 23.5 Å². The van der Waals surface area contributed by atoms with E-state index >= 15 is 0 Å². The van der Waals surface area contributed by atoms with Crippen LogP contribution in [0.3, 0.4) is 0 Å². The lowest BCUT2D eigenvalue weighted by Crippen LogP contribution is -2.63. The molecule has 5 amide bonds. The molecular weight excluding hydrogens is 919 g/mol. The summed E-state index contributed by atoms with van der Waals surface area (Å²) < 4.78 is -1.77. The second-order valence-electron chi connectivity index (χ2n) is 16.6. The minimum atomic E-state index is -1.62. The Bertz CT molecular complexity index is 1880. The van der Waals surface area contributed by atoms with Crippen LogP contribution < -0.4 is 26.6 Å². The van der Waals surface area contributed by atoms with Gasteiger partial charge < -0.3 is 47.0 Å². The van der Waals surface area contributed by atoms with Crippen molar-refractivity contribution in [1.82, 2.24) is 51.1 Å². The minimum Gasteiger partial charge on any atom is -0.480 e. The van der Waals surface area contributed by atoms with Crippen molar-refractivity contribution < 1.29 is 63.6 Å². The molecule has 2 saturated heterocycles. The summed E-state index contributed by atoms with van der Waals surface area (Å²) in [4.78, 5) is 128. The Hall–Kier alpha value is -4.86. The first-order valence-electron chi connectivity index (χ1n) is 22.1. The number of nitrogens with one attached hydrogen (secondary N) is 5. The van der Waals surface area contributed by atoms with Gasteiger partial charge in [0.05, 0.1) is 49.0 Å². The fourth-order valence-electron chi connectivity index (χ4n) is 9.15. The SMILES string of the molecule is CCC1(SC)C2=NCC(=CN2)C(=O)N[C@H](C(=O)NCCNC(=O)CN2CCN(CC(=O)O)CCN(CC(=O)O)CCN(CC(=O)O)CC2)CNC[C@@H](C(=O)O)N2C(=O)CC(C2=O)C1(CC)SC. The van der Waals surface area contributed by atoms with E-state index < -0.39 is 87.5 Å². The molecule has 9 N–H and O–H groups in total. The Labute approximate surface area is 397 Å². The van der Waals surface area contributed by atoms with Crippen molar-refractivity contribution in [2.24, 2.45) is 10.9 Å². The van der Waals surface area contributed by atoms with E-state index in [4.69, 9.17) is 4.99 Å². The van der Waals surface area contributed by atoms with Crippen LogP contribution in [-0.4, -0.2) is 250 Å². The summed E-state index contributed by atoms with van der Waals surface area (Å²) in [6, 6.07) is -2.91. The highest BCUT2D eigenvalue weighted by Crippen LogP contribution is 2.55. The Morgan fingerprint density at radius 3 is 1.70 bits per heavy atom. The summed E-state index contributed by atoms with van der Waals surface area (Å²) in [5.74, 6) is -8.06. The van der Waals surface area contributed by atoms with Gasteiger partial charge in [0.25, 0.3) is 5.91 Å². The molecule has 0 aromatic carbocycles. The molecule has 26 heteroatoms. The molecule has 5 heterocycles. The minimum absolute atomic E-state index is 0.0548. The number of hydrogen-bond donors (Lipinski definition) is 9. The van der Waals surface area contributed by atoms with Crippen LogP contribution in [0.25, 0.3) is 0 Å². The maximum atomic E-state index is 14.3. The van der Waals surface area contributed by atoms with Crippen LogP contribution in [-0.2, 0) is 43.2 Å². The number of carbonyl (C=O) groups is 9. The van der Waals surface area contributed by atoms with Crippen LogP contribution in [0.2, 0.25) is 0 Å². The number of fused-ring (bicyclic) bond motifs is 9. The maximum Gasteiger partial charge on any atom is 0.328 e. The first-order chi connectivity index (χ1) is 31.8. The average molecular weight is 984 g/mol. The van der Waals surface area contributed by atoms with Crippen LogP contribution in [0.15, 0.2) is 16.8 Å². The average Bonchev–Trinajstić information content (AvgIpc) is 3.57. The Morgan fingerprint density at radius 2 is 1.27 bits per heavy atom. The summed E-state index contributed by atoms with van der Waals surface area (Å²) >= 11 is 2.90. The number of carboxylic acids is 4. The lowest BCUT2D eigenvalue weighted by atomic mass is 9.74. The molecule has 24 nitrogen and oxygen atoms in total. The molecule has 67 heavy (non-hydrogen) atoms. The van der Waals surface area contributed by atoms with Gasteiger partial charge in [-0.1, -0.05) is 13.8 Å². The molecule has 3 unspecified atom stereocenters. The van der Waals surface area contributed by atoms with Crippen molar-refractivity contribution in [3.63, 3.8) is 0 Å². The molecule has 2 fully saturated rings. The van der Waals surface area contributed by atoms with Gasteiger partial charge in [-0.3, -0.25) is 67.8 Å². The number of thioether (sulfide) groups is 2. The summed E-state index contributed by atoms with van der Waals surface area (Å²) in [7, 11) is 0. The highest BCUT2D eigenvalue weighted by Gasteiger charge is 2.63. The van der Waals surface area contributed by atoms with Crippen molar-refractivity contribution in [1.29, 1.82) is 0 Å². The maximum absolute atomic E-state index is 14.3. The number of carbonyl (C=O) groups excluding carboxylic acids is 5. The summed E-state index contributed by atoms with van der Waals surface area (Å²) in [6.45, 7) is 3.58. The van der Waals surface area contributed by atoms with E-state index in [1.807, 2.05) is 26.4 Å². The number of hydrogen-bond acceptors (Lipinski definition) is 18. The normalized spacial score (nSPS) is 26.8. The zero-order valence-corrected chi connectivity index (χ0v) is 40.0. The van der Waals surface area contributed by atoms with Gasteiger partial charge in [-0.2, -0.15) is 11.8 Å². The zero-order chi connectivity index (χ0) is 49.5. The highest BCUT2D eigenvalue weighted by atomic mass is 32.2. The lowest BCUT2D eigenvalue weighted by Gasteiger charge is -2.51. The van der Waals surface area contributed by atoms with E-state index in [2.05, 4.69) is 26.6 Å². The molecule has 0 saturated carbocycles. The summed E-state index contributed by atoms with van der Waals surface area (Å²) in [6.07, 6.45) is 5.97. The van der Waals surface area contributed by atoms with Gasteiger partial charge >= 0.3 is 23.9 Å². The number of carboxylic acid groups (broad SMARTS) is 4. The molecule has 0 radical (unpaired) electrons. The monoisotopic (exact) mass is 983 g/mol. The number of nitrogens with zero attached hydrogens (tertiary/aromatic N) is 6. The van der Waals surface area contributed by atoms with Gasteiger partial charge in [-0.15, -0.1) is 11.8 Å². The molecular formula is C41H65N11O13S2.